The number of aliphatic imine (C=N–C) groups is 1. The molecule has 0 saturated carbocycles. The molecule has 14 heavy (non-hydrogen) atoms. The first kappa shape index (κ1) is 10.6. The summed E-state index contributed by atoms with van der Waals surface area (Å²) in [6, 6.07) is 3.78. The molecule has 1 N–H and O–H groups in total. The van der Waals surface area contributed by atoms with Crippen LogP contribution in [0.15, 0.2) is 41.3 Å². The van der Waals surface area contributed by atoms with Gasteiger partial charge in [0.25, 0.3) is 0 Å². The quantitative estimate of drug-likeness (QED) is 0.738. The Bertz CT molecular complexity index is 342. The van der Waals surface area contributed by atoms with Crippen molar-refractivity contribution in [3.63, 3.8) is 0 Å². The Morgan fingerprint density at radius 3 is 2.64 bits per heavy atom. The van der Waals surface area contributed by atoms with E-state index in [0.29, 0.717) is 5.70 Å². The van der Waals surface area contributed by atoms with Crippen LogP contribution in [-0.4, -0.2) is 22.4 Å². The molecule has 0 atom stereocenters. The molecule has 0 aliphatic rings. The van der Waals surface area contributed by atoms with Gasteiger partial charge in [0.05, 0.1) is 12.3 Å². The third-order valence-electron chi connectivity index (χ3n) is 1.90. The highest BCUT2D eigenvalue weighted by Crippen LogP contribution is 2.03. The average Bonchev–Trinajstić information content (AvgIpc) is 2.26. The number of aromatic nitrogens is 1. The highest BCUT2D eigenvalue weighted by Gasteiger charge is 1.97. The number of aliphatic hydroxyl groups is 1. The molecule has 0 bridgehead atoms. The Kier molecular flexibility index (Phi) is 4.01. The molecule has 3 heteroatoms. The second-order valence-electron chi connectivity index (χ2n) is 2.87. The van der Waals surface area contributed by atoms with E-state index in [4.69, 9.17) is 5.11 Å². The predicted molar refractivity (Wildman–Crippen MR) is 57.3 cm³/mol. The maximum absolute atomic E-state index is 8.93. The van der Waals surface area contributed by atoms with Crippen LogP contribution in [0.5, 0.6) is 0 Å². The SMILES string of the molecule is C/C=C(CO)\N=C(/C)c1ccncc1. The molecule has 0 spiro atoms. The first-order chi connectivity index (χ1) is 6.77. The van der Waals surface area contributed by atoms with Crippen molar-refractivity contribution in [1.29, 1.82) is 0 Å². The summed E-state index contributed by atoms with van der Waals surface area (Å²) in [5.74, 6) is 0. The molecule has 74 valence electrons. The van der Waals surface area contributed by atoms with E-state index < -0.39 is 0 Å². The predicted octanol–water partition coefficient (Wildman–Crippen LogP) is 1.79. The molecular weight excluding hydrogens is 176 g/mol. The smallest absolute Gasteiger partial charge is 0.0849 e. The Morgan fingerprint density at radius 2 is 2.14 bits per heavy atom. The number of hydrogen-bond donors (Lipinski definition) is 1. The lowest BCUT2D eigenvalue weighted by Gasteiger charge is -2.01. The van der Waals surface area contributed by atoms with Gasteiger partial charge < -0.3 is 5.11 Å². The van der Waals surface area contributed by atoms with Crippen molar-refractivity contribution in [3.8, 4) is 0 Å². The van der Waals surface area contributed by atoms with Gasteiger partial charge in [-0.3, -0.25) is 9.98 Å². The van der Waals surface area contributed by atoms with Gasteiger partial charge in [-0.15, -0.1) is 0 Å². The lowest BCUT2D eigenvalue weighted by atomic mass is 10.2. The molecule has 0 aliphatic carbocycles. The van der Waals surface area contributed by atoms with Crippen LogP contribution < -0.4 is 0 Å². The number of aliphatic hydroxyl groups excluding tert-OH is 1. The maximum atomic E-state index is 8.93. The van der Waals surface area contributed by atoms with Gasteiger partial charge in [0, 0.05) is 18.1 Å². The number of rotatable bonds is 3. The normalized spacial score (nSPS) is 13.1. The summed E-state index contributed by atoms with van der Waals surface area (Å²) in [4.78, 5) is 8.21. The van der Waals surface area contributed by atoms with Crippen LogP contribution in [0.25, 0.3) is 0 Å². The first-order valence-corrected chi connectivity index (χ1v) is 4.49. The molecule has 0 amide bonds. The topological polar surface area (TPSA) is 45.5 Å². The van der Waals surface area contributed by atoms with E-state index >= 15 is 0 Å². The van der Waals surface area contributed by atoms with Gasteiger partial charge in [-0.2, -0.15) is 0 Å². The van der Waals surface area contributed by atoms with Crippen molar-refractivity contribution in [2.24, 2.45) is 4.99 Å². The van der Waals surface area contributed by atoms with Crippen LogP contribution in [0, 0.1) is 0 Å². The summed E-state index contributed by atoms with van der Waals surface area (Å²) in [5.41, 5.74) is 2.58. The van der Waals surface area contributed by atoms with Crippen molar-refractivity contribution in [1.82, 2.24) is 4.98 Å². The van der Waals surface area contributed by atoms with Gasteiger partial charge in [0.15, 0.2) is 0 Å². The Morgan fingerprint density at radius 1 is 1.50 bits per heavy atom. The van der Waals surface area contributed by atoms with Gasteiger partial charge in [-0.1, -0.05) is 6.08 Å². The molecule has 0 saturated heterocycles. The van der Waals surface area contributed by atoms with Gasteiger partial charge in [0.1, 0.15) is 0 Å². The fraction of sp³-hybridized carbons (Fsp3) is 0.273. The van der Waals surface area contributed by atoms with Crippen molar-refractivity contribution in [2.45, 2.75) is 13.8 Å². The minimum absolute atomic E-state index is 0.0288. The number of pyridine rings is 1. The highest BCUT2D eigenvalue weighted by molar-refractivity contribution is 5.99. The third kappa shape index (κ3) is 2.78. The molecule has 1 aromatic heterocycles. The van der Waals surface area contributed by atoms with E-state index in [1.807, 2.05) is 26.0 Å². The summed E-state index contributed by atoms with van der Waals surface area (Å²) < 4.78 is 0. The number of hydrogen-bond acceptors (Lipinski definition) is 3. The van der Waals surface area contributed by atoms with E-state index in [-0.39, 0.29) is 6.61 Å². The average molecular weight is 190 g/mol. The van der Waals surface area contributed by atoms with Crippen molar-refractivity contribution >= 4 is 5.71 Å². The molecule has 1 rings (SSSR count). The number of nitrogens with zero attached hydrogens (tertiary/aromatic N) is 2. The summed E-state index contributed by atoms with van der Waals surface area (Å²) in [7, 11) is 0. The second-order valence-corrected chi connectivity index (χ2v) is 2.87. The van der Waals surface area contributed by atoms with Crippen LogP contribution in [0.3, 0.4) is 0 Å². The van der Waals surface area contributed by atoms with E-state index in [2.05, 4.69) is 9.98 Å². The molecule has 1 aromatic rings. The summed E-state index contributed by atoms with van der Waals surface area (Å²) in [6.45, 7) is 3.74. The summed E-state index contributed by atoms with van der Waals surface area (Å²) in [6.07, 6.45) is 5.25. The molecule has 0 unspecified atom stereocenters. The lowest BCUT2D eigenvalue weighted by Crippen LogP contribution is -1.97. The monoisotopic (exact) mass is 190 g/mol. The van der Waals surface area contributed by atoms with Gasteiger partial charge >= 0.3 is 0 Å². The summed E-state index contributed by atoms with van der Waals surface area (Å²) >= 11 is 0. The Hall–Kier alpha value is -1.48. The van der Waals surface area contributed by atoms with Crippen molar-refractivity contribution in [2.75, 3.05) is 6.61 Å². The van der Waals surface area contributed by atoms with E-state index in [0.717, 1.165) is 11.3 Å². The van der Waals surface area contributed by atoms with Crippen LogP contribution >= 0.6 is 0 Å². The Balaban J connectivity index is 2.90. The van der Waals surface area contributed by atoms with Gasteiger partial charge in [-0.25, -0.2) is 0 Å². The third-order valence-corrected chi connectivity index (χ3v) is 1.90. The number of allylic oxidation sites excluding steroid dienone is 1. The molecule has 3 nitrogen and oxygen atoms in total. The molecule has 0 fully saturated rings. The van der Waals surface area contributed by atoms with Gasteiger partial charge in [-0.05, 0) is 31.5 Å². The van der Waals surface area contributed by atoms with Crippen LogP contribution in [-0.2, 0) is 0 Å². The highest BCUT2D eigenvalue weighted by atomic mass is 16.3. The first-order valence-electron chi connectivity index (χ1n) is 4.49. The fourth-order valence-corrected chi connectivity index (χ4v) is 1.06. The minimum atomic E-state index is -0.0288. The second kappa shape index (κ2) is 5.29. The van der Waals surface area contributed by atoms with E-state index in [1.54, 1.807) is 18.5 Å². The van der Waals surface area contributed by atoms with E-state index in [1.165, 1.54) is 0 Å². The van der Waals surface area contributed by atoms with Crippen LogP contribution in [0.4, 0.5) is 0 Å². The van der Waals surface area contributed by atoms with Crippen LogP contribution in [0.1, 0.15) is 19.4 Å². The fourth-order valence-electron chi connectivity index (χ4n) is 1.06. The molecule has 0 aliphatic heterocycles. The van der Waals surface area contributed by atoms with Gasteiger partial charge in [0.2, 0.25) is 0 Å². The zero-order valence-electron chi connectivity index (χ0n) is 8.44. The van der Waals surface area contributed by atoms with Crippen molar-refractivity contribution < 1.29 is 5.11 Å². The minimum Gasteiger partial charge on any atom is -0.390 e. The zero-order valence-corrected chi connectivity index (χ0v) is 8.44. The van der Waals surface area contributed by atoms with E-state index in [9.17, 15) is 0 Å². The summed E-state index contributed by atoms with van der Waals surface area (Å²) in [5, 5.41) is 8.93. The lowest BCUT2D eigenvalue weighted by molar-refractivity contribution is 0.330. The standard InChI is InChI=1S/C11H14N2O/c1-3-11(8-14)13-9(2)10-4-6-12-7-5-10/h3-7,14H,8H2,1-2H3/b11-3-,13-9+. The van der Waals surface area contributed by atoms with Crippen molar-refractivity contribution in [3.05, 3.63) is 41.9 Å². The molecular formula is C11H14N2O. The van der Waals surface area contributed by atoms with Crippen LogP contribution in [0.2, 0.25) is 0 Å². The Labute approximate surface area is 83.8 Å². The molecule has 0 aromatic carbocycles. The maximum Gasteiger partial charge on any atom is 0.0849 e. The zero-order chi connectivity index (χ0) is 10.4. The largest absolute Gasteiger partial charge is 0.390 e. The molecule has 1 heterocycles. The molecule has 0 radical (unpaired) electrons.